The summed E-state index contributed by atoms with van der Waals surface area (Å²) in [6.07, 6.45) is 28.7. The molecule has 0 atom stereocenters. The zero-order valence-corrected chi connectivity index (χ0v) is 70.8. The van der Waals surface area contributed by atoms with Crippen LogP contribution in [0, 0.1) is 0 Å². The largest absolute Gasteiger partial charge is 2.00 e. The van der Waals surface area contributed by atoms with Gasteiger partial charge in [0.25, 0.3) is 0 Å². The van der Waals surface area contributed by atoms with Crippen LogP contribution in [0.3, 0.4) is 0 Å². The van der Waals surface area contributed by atoms with Crippen LogP contribution < -0.4 is 9.97 Å². The van der Waals surface area contributed by atoms with E-state index in [1.54, 1.807) is 99.1 Å². The maximum Gasteiger partial charge on any atom is 2.00 e. The van der Waals surface area contributed by atoms with E-state index in [1.165, 1.54) is 0 Å². The van der Waals surface area contributed by atoms with Gasteiger partial charge in [-0.15, -0.1) is 0 Å². The maximum atomic E-state index is 5.41. The van der Waals surface area contributed by atoms with Crippen LogP contribution in [0.5, 0.6) is 0 Å². The number of aromatic nitrogens is 24. The van der Waals surface area contributed by atoms with Crippen LogP contribution in [0.4, 0.5) is 0 Å². The van der Waals surface area contributed by atoms with Gasteiger partial charge in [0, 0.05) is 199 Å². The summed E-state index contributed by atoms with van der Waals surface area (Å²) in [5, 5.41) is 6.77. The number of benzene rings is 8. The molecule has 4 aliphatic rings. The van der Waals surface area contributed by atoms with E-state index in [-0.39, 0.29) is 19.5 Å². The van der Waals surface area contributed by atoms with Crippen LogP contribution in [0.15, 0.2) is 342 Å². The van der Waals surface area contributed by atoms with Crippen LogP contribution in [0.1, 0.15) is 0 Å². The van der Waals surface area contributed by atoms with Crippen molar-refractivity contribution < 1.29 is 19.5 Å². The summed E-state index contributed by atoms with van der Waals surface area (Å²) in [4.78, 5) is 116. The fraction of sp³-hybridized carbons (Fsp3) is 0. The van der Waals surface area contributed by atoms with Crippen molar-refractivity contribution in [3.63, 3.8) is 0 Å². The first-order valence-electron chi connectivity index (χ1n) is 41.3. The molecule has 0 aliphatic carbocycles. The molecule has 18 heterocycles. The van der Waals surface area contributed by atoms with E-state index >= 15 is 0 Å². The van der Waals surface area contributed by atoms with Crippen molar-refractivity contribution in [3.05, 3.63) is 342 Å². The monoisotopic (exact) mass is 1710 g/mol. The smallest absolute Gasteiger partial charge is 0.357 e. The van der Waals surface area contributed by atoms with Gasteiger partial charge in [0.15, 0.2) is 23.3 Å². The van der Waals surface area contributed by atoms with E-state index in [0.29, 0.717) is 91.8 Å². The first kappa shape index (κ1) is 75.1. The van der Waals surface area contributed by atoms with Crippen molar-refractivity contribution in [1.29, 1.82) is 0 Å². The normalized spacial score (nSPS) is 11.7. The van der Waals surface area contributed by atoms with E-state index in [0.717, 1.165) is 177 Å². The third-order valence-corrected chi connectivity index (χ3v) is 23.7. The van der Waals surface area contributed by atoms with Crippen molar-refractivity contribution in [3.8, 4) is 180 Å². The fourth-order valence-corrected chi connectivity index (χ4v) is 18.0. The molecule has 129 heavy (non-hydrogen) atoms. The van der Waals surface area contributed by atoms with E-state index < -0.39 is 0 Å². The number of fused-ring (bicyclic) bond motifs is 40. The molecule has 0 saturated heterocycles. The van der Waals surface area contributed by atoms with Gasteiger partial charge in [-0.2, -0.15) is 0 Å². The maximum absolute atomic E-state index is 5.41. The number of nitrogens with zero attached hydrogens (tertiary/aromatic N) is 22. The predicted molar refractivity (Wildman–Crippen MR) is 496 cm³/mol. The standard InChI is InChI=1S/C52H30N12.C52H28N12.Zn/c2*1-5-33(29-13-21-53-22-14-29)41-37(9-1)45-57-49(41)62-46-39-11-3-7-35(31-17-25-55-26-18-31)43(39)51(59-46)64-48-40-12-4-8-36(32-19-27-56-28-20-32)44(40)52(60-48)63-47-38-10-2-6-34(30-15-23-54-24-16-30)42(38)50(58-47)61-45;/h1-28H,(H2,57,58,59,60,61,62,63,64);1-28H;/q;-2;+2. The SMILES string of the molecule is [Zn+2].c1cc(-c2ccncc2)c2c(c1)-c1nc-2nc2[n-]c(nc3nc(nc4[n-]c(n1)c1c(-c5ccncc5)cccc41)-c1c(-c4ccncc4)cccc1-3)c1c(-c3ccncc3)cccc21.c1cc(-c2ccncc2)c2c(c1)-c1nc-2nc2[nH]c(nc3nc(nc4[nH]c(n1)c1c(-c5ccncc5)cccc41)-c1c(-c4ccncc4)cccc1-3)c1c(-c3ccncc3)cccc21. The molecule has 2 N–H and O–H groups in total. The van der Waals surface area contributed by atoms with Crippen LogP contribution in [-0.2, 0) is 19.5 Å². The molecule has 0 amide bonds. The first-order chi connectivity index (χ1) is 63.5. The molecule has 596 valence electrons. The Morgan fingerprint density at radius 3 is 0.643 bits per heavy atom. The second-order valence-corrected chi connectivity index (χ2v) is 30.8. The topological polar surface area (TPSA) is 318 Å². The van der Waals surface area contributed by atoms with Crippen molar-refractivity contribution in [2.75, 3.05) is 0 Å². The van der Waals surface area contributed by atoms with Gasteiger partial charge >= 0.3 is 19.5 Å². The second-order valence-electron chi connectivity index (χ2n) is 30.8. The number of pyridine rings is 8. The summed E-state index contributed by atoms with van der Waals surface area (Å²) in [6, 6.07) is 81.1. The van der Waals surface area contributed by atoms with Gasteiger partial charge in [0.2, 0.25) is 0 Å². The molecule has 0 spiro atoms. The van der Waals surface area contributed by atoms with Gasteiger partial charge in [-0.25, -0.2) is 39.9 Å². The van der Waals surface area contributed by atoms with Crippen LogP contribution >= 0.6 is 0 Å². The first-order valence-corrected chi connectivity index (χ1v) is 41.3. The van der Waals surface area contributed by atoms with E-state index in [2.05, 4.69) is 123 Å². The van der Waals surface area contributed by atoms with Crippen molar-refractivity contribution in [2.24, 2.45) is 0 Å². The molecule has 0 fully saturated rings. The molecule has 8 aromatic carbocycles. The Balaban J connectivity index is 0.000000142. The van der Waals surface area contributed by atoms with Gasteiger partial charge in [-0.1, -0.05) is 146 Å². The Labute approximate surface area is 744 Å². The molecule has 0 saturated carbocycles. The predicted octanol–water partition coefficient (Wildman–Crippen LogP) is 21.5. The van der Waals surface area contributed by atoms with Crippen LogP contribution in [-0.4, -0.2) is 110 Å². The number of hydrogen-bond acceptors (Lipinski definition) is 20. The van der Waals surface area contributed by atoms with E-state index in [1.807, 2.05) is 170 Å². The summed E-state index contributed by atoms with van der Waals surface area (Å²) in [6.45, 7) is 0. The van der Waals surface area contributed by atoms with Gasteiger partial charge in [-0.05, 0) is 197 Å². The summed E-state index contributed by atoms with van der Waals surface area (Å²) in [5.74, 6) is 3.88. The minimum absolute atomic E-state index is 0. The summed E-state index contributed by atoms with van der Waals surface area (Å²) in [7, 11) is 0. The number of nitrogens with one attached hydrogen (secondary N) is 2. The van der Waals surface area contributed by atoms with Gasteiger partial charge in [0.05, 0.1) is 23.3 Å². The zero-order valence-electron chi connectivity index (χ0n) is 67.9. The van der Waals surface area contributed by atoms with E-state index in [4.69, 9.17) is 69.8 Å². The molecule has 16 bridgehead atoms. The average Bonchev–Trinajstić information content (AvgIpc) is 1.59. The Morgan fingerprint density at radius 1 is 0.163 bits per heavy atom. The number of rotatable bonds is 8. The Hall–Kier alpha value is -17.7. The molecule has 22 aromatic rings. The zero-order chi connectivity index (χ0) is 84.3. The summed E-state index contributed by atoms with van der Waals surface area (Å²) < 4.78 is 0. The summed E-state index contributed by atoms with van der Waals surface area (Å²) in [5.41, 5.74) is 26.3. The molecule has 24 nitrogen and oxygen atoms in total. The van der Waals surface area contributed by atoms with Gasteiger partial charge < -0.3 is 39.9 Å². The number of H-pyrrole nitrogens is 2. The minimum atomic E-state index is 0. The van der Waals surface area contributed by atoms with Crippen molar-refractivity contribution in [2.45, 2.75) is 0 Å². The minimum Gasteiger partial charge on any atom is -0.357 e. The van der Waals surface area contributed by atoms with Gasteiger partial charge in [0.1, 0.15) is 22.6 Å². The Kier molecular flexibility index (Phi) is 18.0. The molecule has 14 aromatic heterocycles. The number of hydrogen-bond donors (Lipinski definition) is 2. The second kappa shape index (κ2) is 31.0. The summed E-state index contributed by atoms with van der Waals surface area (Å²) >= 11 is 0. The fourth-order valence-electron chi connectivity index (χ4n) is 18.0. The average molecular weight is 1710 g/mol. The van der Waals surface area contributed by atoms with Gasteiger partial charge in [-0.3, -0.25) is 39.9 Å². The third kappa shape index (κ3) is 12.8. The molecule has 0 unspecified atom stereocenters. The quantitative estimate of drug-likeness (QED) is 0.133. The molecular weight excluding hydrogens is 1650 g/mol. The van der Waals surface area contributed by atoms with Crippen molar-refractivity contribution in [1.82, 2.24) is 120 Å². The molecule has 25 heteroatoms. The molecular formula is C104H58N24Zn. The number of aromatic amines is 2. The molecule has 26 rings (SSSR count). The van der Waals surface area contributed by atoms with Crippen LogP contribution in [0.25, 0.3) is 268 Å². The molecule has 4 aliphatic heterocycles. The van der Waals surface area contributed by atoms with Crippen LogP contribution in [0.2, 0.25) is 0 Å². The Bertz CT molecular complexity index is 7680. The Morgan fingerprint density at radius 2 is 0.364 bits per heavy atom. The van der Waals surface area contributed by atoms with E-state index in [9.17, 15) is 0 Å². The molecule has 0 radical (unpaired) electrons. The van der Waals surface area contributed by atoms with Crippen molar-refractivity contribution >= 4 is 88.3 Å². The third-order valence-electron chi connectivity index (χ3n) is 23.7.